The lowest BCUT2D eigenvalue weighted by Crippen LogP contribution is -2.43. The number of anilines is 1. The van der Waals surface area contributed by atoms with E-state index in [2.05, 4.69) is 10.1 Å². The van der Waals surface area contributed by atoms with Crippen LogP contribution in [0.1, 0.15) is 28.8 Å². The van der Waals surface area contributed by atoms with Gasteiger partial charge < -0.3 is 19.9 Å². The average Bonchev–Trinajstić information content (AvgIpc) is 2.87. The number of rotatable bonds is 3. The molecule has 7 heteroatoms. The van der Waals surface area contributed by atoms with Crippen LogP contribution in [-0.4, -0.2) is 40.6 Å². The third kappa shape index (κ3) is 3.34. The fourth-order valence-corrected chi connectivity index (χ4v) is 2.72. The van der Waals surface area contributed by atoms with Crippen molar-refractivity contribution in [2.75, 3.05) is 25.4 Å². The van der Waals surface area contributed by atoms with E-state index < -0.39 is 0 Å². The zero-order valence-corrected chi connectivity index (χ0v) is 13.3. The third-order valence-electron chi connectivity index (χ3n) is 4.05. The predicted octanol–water partition coefficient (Wildman–Crippen LogP) is 1.41. The number of ether oxygens (including phenoxy) is 1. The first-order valence-electron chi connectivity index (χ1n) is 7.58. The van der Waals surface area contributed by atoms with Crippen LogP contribution in [0.5, 0.6) is 0 Å². The molecule has 0 aromatic carbocycles. The lowest BCUT2D eigenvalue weighted by molar-refractivity contribution is -0.138. The van der Waals surface area contributed by atoms with Crippen molar-refractivity contribution in [2.24, 2.45) is 0 Å². The van der Waals surface area contributed by atoms with Crippen LogP contribution in [0, 0.1) is 13.8 Å². The highest BCUT2D eigenvalue weighted by molar-refractivity contribution is 5.79. The SMILES string of the molecule is Cc1noc(C)c1CC(=O)N1CCO[C@H](c2cccc(N)n2)C1. The second-order valence-electron chi connectivity index (χ2n) is 5.67. The van der Waals surface area contributed by atoms with Gasteiger partial charge in [-0.3, -0.25) is 4.79 Å². The summed E-state index contributed by atoms with van der Waals surface area (Å²) in [5.74, 6) is 1.18. The molecule has 0 bridgehead atoms. The molecular formula is C16H20N4O3. The van der Waals surface area contributed by atoms with Crippen molar-refractivity contribution in [3.8, 4) is 0 Å². The van der Waals surface area contributed by atoms with Gasteiger partial charge in [0.05, 0.1) is 31.0 Å². The number of hydrogen-bond acceptors (Lipinski definition) is 6. The van der Waals surface area contributed by atoms with E-state index in [4.69, 9.17) is 15.0 Å². The Balaban J connectivity index is 1.70. The molecule has 0 spiro atoms. The average molecular weight is 316 g/mol. The van der Waals surface area contributed by atoms with Gasteiger partial charge in [0, 0.05) is 12.1 Å². The van der Waals surface area contributed by atoms with Gasteiger partial charge in [-0.05, 0) is 26.0 Å². The molecule has 1 aliphatic heterocycles. The minimum atomic E-state index is -0.249. The highest BCUT2D eigenvalue weighted by Crippen LogP contribution is 2.22. The van der Waals surface area contributed by atoms with Crippen LogP contribution >= 0.6 is 0 Å². The molecule has 122 valence electrons. The van der Waals surface area contributed by atoms with Crippen LogP contribution in [0.2, 0.25) is 0 Å². The van der Waals surface area contributed by atoms with Crippen molar-refractivity contribution in [2.45, 2.75) is 26.4 Å². The normalized spacial score (nSPS) is 18.2. The molecule has 0 aliphatic carbocycles. The van der Waals surface area contributed by atoms with Crippen molar-refractivity contribution in [1.82, 2.24) is 15.0 Å². The molecular weight excluding hydrogens is 296 g/mol. The molecule has 7 nitrogen and oxygen atoms in total. The zero-order chi connectivity index (χ0) is 16.4. The first-order valence-corrected chi connectivity index (χ1v) is 7.58. The number of aromatic nitrogens is 2. The Labute approximate surface area is 134 Å². The molecule has 2 aromatic heterocycles. The summed E-state index contributed by atoms with van der Waals surface area (Å²) in [4.78, 5) is 18.7. The van der Waals surface area contributed by atoms with E-state index >= 15 is 0 Å². The Morgan fingerprint density at radius 2 is 2.26 bits per heavy atom. The summed E-state index contributed by atoms with van der Waals surface area (Å²) >= 11 is 0. The molecule has 1 amide bonds. The highest BCUT2D eigenvalue weighted by Gasteiger charge is 2.27. The van der Waals surface area contributed by atoms with Gasteiger partial charge in [0.15, 0.2) is 0 Å². The van der Waals surface area contributed by atoms with E-state index in [0.29, 0.717) is 31.3 Å². The van der Waals surface area contributed by atoms with Crippen molar-refractivity contribution >= 4 is 11.7 Å². The zero-order valence-electron chi connectivity index (χ0n) is 13.3. The van der Waals surface area contributed by atoms with Crippen molar-refractivity contribution in [1.29, 1.82) is 0 Å². The fraction of sp³-hybridized carbons (Fsp3) is 0.438. The Hall–Kier alpha value is -2.41. The molecule has 2 N–H and O–H groups in total. The number of hydrogen-bond donors (Lipinski definition) is 1. The fourth-order valence-electron chi connectivity index (χ4n) is 2.72. The largest absolute Gasteiger partial charge is 0.384 e. The number of pyridine rings is 1. The predicted molar refractivity (Wildman–Crippen MR) is 83.6 cm³/mol. The first kappa shape index (κ1) is 15.5. The number of amides is 1. The van der Waals surface area contributed by atoms with Crippen LogP contribution in [0.3, 0.4) is 0 Å². The van der Waals surface area contributed by atoms with E-state index in [0.717, 1.165) is 17.0 Å². The van der Waals surface area contributed by atoms with E-state index in [9.17, 15) is 4.79 Å². The van der Waals surface area contributed by atoms with E-state index in [1.165, 1.54) is 0 Å². The highest BCUT2D eigenvalue weighted by atomic mass is 16.5. The monoisotopic (exact) mass is 316 g/mol. The van der Waals surface area contributed by atoms with Gasteiger partial charge in [0.1, 0.15) is 17.7 Å². The smallest absolute Gasteiger partial charge is 0.227 e. The van der Waals surface area contributed by atoms with Crippen molar-refractivity contribution < 1.29 is 14.1 Å². The summed E-state index contributed by atoms with van der Waals surface area (Å²) in [6.45, 7) is 5.19. The summed E-state index contributed by atoms with van der Waals surface area (Å²) in [7, 11) is 0. The summed E-state index contributed by atoms with van der Waals surface area (Å²) in [5, 5.41) is 3.89. The van der Waals surface area contributed by atoms with Crippen LogP contribution in [-0.2, 0) is 16.0 Å². The van der Waals surface area contributed by atoms with Gasteiger partial charge in [0.2, 0.25) is 5.91 Å². The Morgan fingerprint density at radius 1 is 1.43 bits per heavy atom. The van der Waals surface area contributed by atoms with Crippen LogP contribution < -0.4 is 5.73 Å². The molecule has 2 aromatic rings. The maximum absolute atomic E-state index is 12.6. The number of nitrogens with two attached hydrogens (primary N) is 1. The Bertz CT molecular complexity index is 694. The van der Waals surface area contributed by atoms with Crippen molar-refractivity contribution in [3.63, 3.8) is 0 Å². The lowest BCUT2D eigenvalue weighted by Gasteiger charge is -2.32. The molecule has 1 fully saturated rings. The maximum Gasteiger partial charge on any atom is 0.227 e. The summed E-state index contributed by atoms with van der Waals surface area (Å²) in [6, 6.07) is 5.43. The molecule has 23 heavy (non-hydrogen) atoms. The van der Waals surface area contributed by atoms with Gasteiger partial charge >= 0.3 is 0 Å². The van der Waals surface area contributed by atoms with Crippen LogP contribution in [0.15, 0.2) is 22.7 Å². The molecule has 3 rings (SSSR count). The third-order valence-corrected chi connectivity index (χ3v) is 4.05. The number of carbonyl (C=O) groups excluding carboxylic acids is 1. The molecule has 1 saturated heterocycles. The van der Waals surface area contributed by atoms with Gasteiger partial charge in [-0.1, -0.05) is 11.2 Å². The topological polar surface area (TPSA) is 94.5 Å². The Morgan fingerprint density at radius 3 is 2.96 bits per heavy atom. The molecule has 0 unspecified atom stereocenters. The molecule has 0 radical (unpaired) electrons. The standard InChI is InChI=1S/C16H20N4O3/c1-10-12(11(2)23-19-10)8-16(21)20-6-7-22-14(9-20)13-4-3-5-15(17)18-13/h3-5,14H,6-9H2,1-2H3,(H2,17,18)/t14-/m0/s1. The number of nitrogen functional groups attached to an aromatic ring is 1. The second-order valence-corrected chi connectivity index (χ2v) is 5.67. The van der Waals surface area contributed by atoms with E-state index in [1.807, 2.05) is 26.0 Å². The number of carbonyl (C=O) groups is 1. The Kier molecular flexibility index (Phi) is 4.29. The first-order chi connectivity index (χ1) is 11.0. The van der Waals surface area contributed by atoms with Gasteiger partial charge in [-0.2, -0.15) is 0 Å². The summed E-state index contributed by atoms with van der Waals surface area (Å²) in [5.41, 5.74) is 8.09. The minimum absolute atomic E-state index is 0.0385. The number of nitrogens with zero attached hydrogens (tertiary/aromatic N) is 3. The molecule has 0 saturated carbocycles. The molecule has 1 atom stereocenters. The maximum atomic E-state index is 12.6. The second kappa shape index (κ2) is 6.37. The van der Waals surface area contributed by atoms with Crippen molar-refractivity contribution in [3.05, 3.63) is 40.9 Å². The number of aryl methyl sites for hydroxylation is 2. The summed E-state index contributed by atoms with van der Waals surface area (Å²) in [6.07, 6.45) is 0.0407. The van der Waals surface area contributed by atoms with Crippen LogP contribution in [0.4, 0.5) is 5.82 Å². The summed E-state index contributed by atoms with van der Waals surface area (Å²) < 4.78 is 10.9. The molecule has 3 heterocycles. The number of morpholine rings is 1. The van der Waals surface area contributed by atoms with Crippen LogP contribution in [0.25, 0.3) is 0 Å². The van der Waals surface area contributed by atoms with Gasteiger partial charge in [-0.15, -0.1) is 0 Å². The van der Waals surface area contributed by atoms with Gasteiger partial charge in [-0.25, -0.2) is 4.98 Å². The quantitative estimate of drug-likeness (QED) is 0.920. The molecule has 1 aliphatic rings. The van der Waals surface area contributed by atoms with Gasteiger partial charge in [0.25, 0.3) is 0 Å². The van der Waals surface area contributed by atoms with E-state index in [-0.39, 0.29) is 18.4 Å². The van der Waals surface area contributed by atoms with E-state index in [1.54, 1.807) is 11.0 Å². The minimum Gasteiger partial charge on any atom is -0.384 e. The lowest BCUT2D eigenvalue weighted by atomic mass is 10.1.